The van der Waals surface area contributed by atoms with Crippen molar-refractivity contribution in [3.63, 3.8) is 0 Å². The van der Waals surface area contributed by atoms with Crippen LogP contribution in [0.25, 0.3) is 0 Å². The third-order valence-electron chi connectivity index (χ3n) is 5.79. The van der Waals surface area contributed by atoms with E-state index in [-0.39, 0.29) is 0 Å². The van der Waals surface area contributed by atoms with Crippen LogP contribution in [0.15, 0.2) is 29.4 Å². The fraction of sp³-hybridized carbons (Fsp3) is 0.500. The molecule has 0 aliphatic carbocycles. The Morgan fingerprint density at radius 3 is 3.00 bits per heavy atom. The van der Waals surface area contributed by atoms with E-state index in [1.165, 1.54) is 16.2 Å². The maximum absolute atomic E-state index is 5.92. The van der Waals surface area contributed by atoms with Gasteiger partial charge in [0, 0.05) is 50.1 Å². The standard InChI is InChI=1S/C24H30N2O3S/c1-16-5-6-24(26-20-14-23-18(8-12-29-23)13-19(16)20)30-15-21-17(2)22(7-9-25-21)28-11-4-10-27-3/h7,9,13-14,16H,4-6,8,10-12,15H2,1-3H3. The van der Waals surface area contributed by atoms with Crippen LogP contribution in [0.5, 0.6) is 11.5 Å². The summed E-state index contributed by atoms with van der Waals surface area (Å²) in [5.41, 5.74) is 5.92. The number of methoxy groups -OCH3 is 1. The van der Waals surface area contributed by atoms with Crippen molar-refractivity contribution in [2.24, 2.45) is 4.99 Å². The van der Waals surface area contributed by atoms with Gasteiger partial charge in [-0.05, 0) is 48.9 Å². The van der Waals surface area contributed by atoms with Gasteiger partial charge in [0.05, 0.1) is 29.6 Å². The van der Waals surface area contributed by atoms with E-state index in [4.69, 9.17) is 19.2 Å². The molecule has 0 saturated carbocycles. The summed E-state index contributed by atoms with van der Waals surface area (Å²) in [6.45, 7) is 6.54. The maximum Gasteiger partial charge on any atom is 0.125 e. The third-order valence-corrected chi connectivity index (χ3v) is 6.84. The molecule has 0 saturated heterocycles. The highest BCUT2D eigenvalue weighted by atomic mass is 32.2. The van der Waals surface area contributed by atoms with Gasteiger partial charge >= 0.3 is 0 Å². The summed E-state index contributed by atoms with van der Waals surface area (Å²) >= 11 is 1.79. The molecule has 0 spiro atoms. The lowest BCUT2D eigenvalue weighted by atomic mass is 9.93. The number of rotatable bonds is 7. The molecule has 2 aliphatic heterocycles. The number of hydrogen-bond acceptors (Lipinski definition) is 6. The lowest BCUT2D eigenvalue weighted by molar-refractivity contribution is 0.172. The van der Waals surface area contributed by atoms with Gasteiger partial charge in [-0.3, -0.25) is 4.98 Å². The first-order valence-corrected chi connectivity index (χ1v) is 11.7. The van der Waals surface area contributed by atoms with Crippen molar-refractivity contribution in [3.8, 4) is 11.5 Å². The zero-order valence-corrected chi connectivity index (χ0v) is 18.9. The van der Waals surface area contributed by atoms with Crippen LogP contribution in [0.1, 0.15) is 54.5 Å². The first-order chi connectivity index (χ1) is 14.7. The molecule has 0 fully saturated rings. The molecule has 3 heterocycles. The van der Waals surface area contributed by atoms with E-state index < -0.39 is 0 Å². The summed E-state index contributed by atoms with van der Waals surface area (Å²) in [5, 5.41) is 1.17. The number of aromatic nitrogens is 1. The van der Waals surface area contributed by atoms with Gasteiger partial charge in [-0.2, -0.15) is 0 Å². The number of thioether (sulfide) groups is 1. The first kappa shape index (κ1) is 21.2. The molecular weight excluding hydrogens is 396 g/mol. The zero-order valence-electron chi connectivity index (χ0n) is 18.1. The molecule has 0 N–H and O–H groups in total. The van der Waals surface area contributed by atoms with Gasteiger partial charge in [-0.15, -0.1) is 11.8 Å². The van der Waals surface area contributed by atoms with Crippen LogP contribution in [0.4, 0.5) is 5.69 Å². The fourth-order valence-corrected chi connectivity index (χ4v) is 4.93. The summed E-state index contributed by atoms with van der Waals surface area (Å²) < 4.78 is 16.8. The molecule has 1 atom stereocenters. The van der Waals surface area contributed by atoms with Crippen molar-refractivity contribution < 1.29 is 14.2 Å². The van der Waals surface area contributed by atoms with Gasteiger partial charge < -0.3 is 14.2 Å². The van der Waals surface area contributed by atoms with Gasteiger partial charge in [-0.25, -0.2) is 4.99 Å². The van der Waals surface area contributed by atoms with Gasteiger partial charge in [0.25, 0.3) is 0 Å². The number of nitrogens with zero attached hydrogens (tertiary/aromatic N) is 2. The van der Waals surface area contributed by atoms with E-state index >= 15 is 0 Å². The molecular formula is C24H30N2O3S. The molecule has 5 nitrogen and oxygen atoms in total. The predicted molar refractivity (Wildman–Crippen MR) is 123 cm³/mol. The molecule has 0 radical (unpaired) electrons. The Hall–Kier alpha value is -2.05. The lowest BCUT2D eigenvalue weighted by Crippen LogP contribution is -2.04. The van der Waals surface area contributed by atoms with E-state index in [9.17, 15) is 0 Å². The molecule has 4 rings (SSSR count). The number of ether oxygens (including phenoxy) is 3. The number of pyridine rings is 1. The average molecular weight is 427 g/mol. The van der Waals surface area contributed by atoms with E-state index in [0.717, 1.165) is 66.5 Å². The van der Waals surface area contributed by atoms with E-state index in [2.05, 4.69) is 31.0 Å². The smallest absolute Gasteiger partial charge is 0.125 e. The third kappa shape index (κ3) is 4.81. The molecule has 1 aromatic heterocycles. The topological polar surface area (TPSA) is 52.9 Å². The van der Waals surface area contributed by atoms with E-state index in [0.29, 0.717) is 19.1 Å². The lowest BCUT2D eigenvalue weighted by Gasteiger charge is -2.12. The Morgan fingerprint density at radius 2 is 2.13 bits per heavy atom. The van der Waals surface area contributed by atoms with Gasteiger partial charge in [0.1, 0.15) is 11.5 Å². The second-order valence-corrected chi connectivity index (χ2v) is 8.98. The van der Waals surface area contributed by atoms with Crippen molar-refractivity contribution in [2.75, 3.05) is 26.9 Å². The zero-order chi connectivity index (χ0) is 20.9. The highest BCUT2D eigenvalue weighted by Gasteiger charge is 2.22. The Labute approximate surface area is 183 Å². The van der Waals surface area contributed by atoms with Gasteiger partial charge in [0.2, 0.25) is 0 Å². The second kappa shape index (κ2) is 9.84. The molecule has 6 heteroatoms. The fourth-order valence-electron chi connectivity index (χ4n) is 3.91. The predicted octanol–water partition coefficient (Wildman–Crippen LogP) is 5.60. The van der Waals surface area contributed by atoms with E-state index in [1.54, 1.807) is 18.9 Å². The van der Waals surface area contributed by atoms with Crippen molar-refractivity contribution in [1.82, 2.24) is 4.98 Å². The molecule has 2 aromatic rings. The quantitative estimate of drug-likeness (QED) is 0.539. The summed E-state index contributed by atoms with van der Waals surface area (Å²) in [4.78, 5) is 9.63. The average Bonchev–Trinajstić information content (AvgIpc) is 3.15. The summed E-state index contributed by atoms with van der Waals surface area (Å²) in [7, 11) is 1.71. The minimum absolute atomic E-state index is 0.511. The molecule has 0 amide bonds. The van der Waals surface area contributed by atoms with Crippen LogP contribution in [-0.4, -0.2) is 37.0 Å². The molecule has 160 valence electrons. The summed E-state index contributed by atoms with van der Waals surface area (Å²) in [6.07, 6.45) is 5.84. The van der Waals surface area contributed by atoms with Gasteiger partial charge in [0.15, 0.2) is 0 Å². The highest BCUT2D eigenvalue weighted by Crippen LogP contribution is 2.41. The Kier molecular flexibility index (Phi) is 6.95. The van der Waals surface area contributed by atoms with Crippen LogP contribution < -0.4 is 9.47 Å². The normalized spacial score (nSPS) is 17.6. The van der Waals surface area contributed by atoms with Crippen LogP contribution in [-0.2, 0) is 16.9 Å². The Morgan fingerprint density at radius 1 is 1.23 bits per heavy atom. The minimum atomic E-state index is 0.511. The number of benzene rings is 1. The number of hydrogen-bond donors (Lipinski definition) is 0. The number of fused-ring (bicyclic) bond motifs is 2. The molecule has 1 unspecified atom stereocenters. The maximum atomic E-state index is 5.92. The second-order valence-electron chi connectivity index (χ2n) is 7.93. The van der Waals surface area contributed by atoms with Crippen LogP contribution in [0, 0.1) is 6.92 Å². The Balaban J connectivity index is 1.46. The molecule has 2 aliphatic rings. The minimum Gasteiger partial charge on any atom is -0.493 e. The van der Waals surface area contributed by atoms with Crippen molar-refractivity contribution in [2.45, 2.75) is 51.2 Å². The first-order valence-electron chi connectivity index (χ1n) is 10.7. The van der Waals surface area contributed by atoms with Crippen molar-refractivity contribution in [3.05, 3.63) is 46.8 Å². The number of aliphatic imine (C=N–C) groups is 1. The van der Waals surface area contributed by atoms with Crippen LogP contribution in [0.2, 0.25) is 0 Å². The molecule has 1 aromatic carbocycles. The van der Waals surface area contributed by atoms with Crippen molar-refractivity contribution >= 4 is 22.5 Å². The highest BCUT2D eigenvalue weighted by molar-refractivity contribution is 8.13. The van der Waals surface area contributed by atoms with Crippen molar-refractivity contribution in [1.29, 1.82) is 0 Å². The van der Waals surface area contributed by atoms with Crippen LogP contribution in [0.3, 0.4) is 0 Å². The SMILES string of the molecule is COCCCOc1ccnc(CSC2=Nc3cc4c(cc3C(C)CC2)CCO4)c1C. The largest absolute Gasteiger partial charge is 0.493 e. The Bertz CT molecular complexity index is 929. The molecule has 0 bridgehead atoms. The summed E-state index contributed by atoms with van der Waals surface area (Å²) in [5.74, 6) is 3.22. The van der Waals surface area contributed by atoms with Crippen LogP contribution >= 0.6 is 11.8 Å². The molecule has 30 heavy (non-hydrogen) atoms. The summed E-state index contributed by atoms with van der Waals surface area (Å²) in [6, 6.07) is 6.39. The monoisotopic (exact) mass is 426 g/mol. The van der Waals surface area contributed by atoms with E-state index in [1.807, 2.05) is 12.3 Å². The van der Waals surface area contributed by atoms with Gasteiger partial charge in [-0.1, -0.05) is 6.92 Å².